The molecule has 1 saturated heterocycles. The van der Waals surface area contributed by atoms with E-state index in [9.17, 15) is 4.79 Å². The van der Waals surface area contributed by atoms with Crippen molar-refractivity contribution >= 4 is 17.7 Å². The molecule has 0 saturated carbocycles. The van der Waals surface area contributed by atoms with Gasteiger partial charge >= 0.3 is 0 Å². The molecular weight excluding hydrogens is 282 g/mol. The van der Waals surface area contributed by atoms with Crippen LogP contribution in [0.2, 0.25) is 0 Å². The van der Waals surface area contributed by atoms with Crippen LogP contribution in [-0.4, -0.2) is 23.7 Å². The summed E-state index contributed by atoms with van der Waals surface area (Å²) in [5.41, 5.74) is 2.30. The van der Waals surface area contributed by atoms with E-state index < -0.39 is 0 Å². The van der Waals surface area contributed by atoms with Gasteiger partial charge < -0.3 is 9.64 Å². The Balaban J connectivity index is 1.79. The van der Waals surface area contributed by atoms with Crippen LogP contribution in [0.1, 0.15) is 16.5 Å². The number of nitrogens with zero attached hydrogens (tertiary/aromatic N) is 1. The molecule has 1 heterocycles. The van der Waals surface area contributed by atoms with E-state index in [0.717, 1.165) is 11.3 Å². The Hall–Kier alpha value is -1.94. The van der Waals surface area contributed by atoms with Crippen molar-refractivity contribution in [1.82, 2.24) is 4.90 Å². The number of benzene rings is 2. The number of hydrogen-bond acceptors (Lipinski definition) is 3. The first-order valence-electron chi connectivity index (χ1n) is 6.87. The lowest BCUT2D eigenvalue weighted by Crippen LogP contribution is -2.27. The van der Waals surface area contributed by atoms with E-state index in [0.29, 0.717) is 12.3 Å². The molecule has 108 valence electrons. The normalized spacial score (nSPS) is 18.0. The van der Waals surface area contributed by atoms with Crippen molar-refractivity contribution in [2.24, 2.45) is 0 Å². The fraction of sp³-hybridized carbons (Fsp3) is 0.235. The molecule has 0 radical (unpaired) electrons. The lowest BCUT2D eigenvalue weighted by Gasteiger charge is -2.24. The lowest BCUT2D eigenvalue weighted by atomic mass is 10.1. The summed E-state index contributed by atoms with van der Waals surface area (Å²) < 4.78 is 5.17. The number of amides is 1. The zero-order valence-corrected chi connectivity index (χ0v) is 12.7. The summed E-state index contributed by atoms with van der Waals surface area (Å²) in [7, 11) is 1.65. The van der Waals surface area contributed by atoms with E-state index >= 15 is 0 Å². The van der Waals surface area contributed by atoms with Crippen molar-refractivity contribution in [3.63, 3.8) is 0 Å². The molecule has 0 aromatic heterocycles. The lowest BCUT2D eigenvalue weighted by molar-refractivity contribution is -0.128. The highest BCUT2D eigenvalue weighted by Crippen LogP contribution is 2.39. The Morgan fingerprint density at radius 2 is 1.86 bits per heavy atom. The van der Waals surface area contributed by atoms with Crippen LogP contribution in [0.3, 0.4) is 0 Å². The quantitative estimate of drug-likeness (QED) is 0.866. The van der Waals surface area contributed by atoms with Crippen LogP contribution >= 0.6 is 11.8 Å². The van der Waals surface area contributed by atoms with Gasteiger partial charge in [-0.05, 0) is 23.3 Å². The minimum Gasteiger partial charge on any atom is -0.497 e. The number of methoxy groups -OCH3 is 1. The fourth-order valence-electron chi connectivity index (χ4n) is 2.45. The molecule has 3 rings (SSSR count). The third kappa shape index (κ3) is 3.05. The van der Waals surface area contributed by atoms with E-state index in [1.165, 1.54) is 5.56 Å². The topological polar surface area (TPSA) is 29.5 Å². The van der Waals surface area contributed by atoms with Crippen molar-refractivity contribution in [1.29, 1.82) is 0 Å². The number of ether oxygens (including phenoxy) is 1. The molecule has 0 aliphatic carbocycles. The molecule has 4 heteroatoms. The van der Waals surface area contributed by atoms with E-state index in [4.69, 9.17) is 4.74 Å². The van der Waals surface area contributed by atoms with Gasteiger partial charge in [0.1, 0.15) is 11.1 Å². The van der Waals surface area contributed by atoms with Crippen molar-refractivity contribution in [2.45, 2.75) is 11.9 Å². The van der Waals surface area contributed by atoms with Gasteiger partial charge in [0, 0.05) is 6.54 Å². The Labute approximate surface area is 128 Å². The number of carbonyl (C=O) groups excluding carboxylic acids is 1. The minimum absolute atomic E-state index is 0.112. The maximum Gasteiger partial charge on any atom is 0.234 e. The van der Waals surface area contributed by atoms with Crippen LogP contribution in [0.4, 0.5) is 0 Å². The van der Waals surface area contributed by atoms with Gasteiger partial charge in [-0.15, -0.1) is 11.8 Å². The van der Waals surface area contributed by atoms with Crippen LogP contribution in [0.25, 0.3) is 0 Å². The van der Waals surface area contributed by atoms with Crippen LogP contribution in [0, 0.1) is 0 Å². The van der Waals surface area contributed by atoms with Gasteiger partial charge in [-0.25, -0.2) is 0 Å². The maximum absolute atomic E-state index is 12.2. The molecular formula is C17H17NO2S. The monoisotopic (exact) mass is 299 g/mol. The summed E-state index contributed by atoms with van der Waals surface area (Å²) in [6.07, 6.45) is 0. The third-order valence-corrected chi connectivity index (χ3v) is 4.82. The minimum atomic E-state index is 0.112. The van der Waals surface area contributed by atoms with Crippen molar-refractivity contribution in [3.8, 4) is 5.75 Å². The first-order valence-corrected chi connectivity index (χ1v) is 7.92. The smallest absolute Gasteiger partial charge is 0.234 e. The van der Waals surface area contributed by atoms with Crippen LogP contribution in [0.5, 0.6) is 5.75 Å². The highest BCUT2D eigenvalue weighted by atomic mass is 32.2. The molecule has 1 unspecified atom stereocenters. The number of thioether (sulfide) groups is 1. The Bertz CT molecular complexity index is 612. The molecule has 1 aliphatic heterocycles. The summed E-state index contributed by atoms with van der Waals surface area (Å²) >= 11 is 1.69. The van der Waals surface area contributed by atoms with E-state index in [-0.39, 0.29) is 11.3 Å². The van der Waals surface area contributed by atoms with Gasteiger partial charge in [0.15, 0.2) is 0 Å². The number of rotatable bonds is 4. The van der Waals surface area contributed by atoms with Gasteiger partial charge in [-0.1, -0.05) is 42.5 Å². The average Bonchev–Trinajstić information content (AvgIpc) is 2.90. The second-order valence-electron chi connectivity index (χ2n) is 4.94. The second-order valence-corrected chi connectivity index (χ2v) is 6.01. The largest absolute Gasteiger partial charge is 0.497 e. The molecule has 1 aliphatic rings. The molecule has 2 aromatic carbocycles. The molecule has 1 atom stereocenters. The summed E-state index contributed by atoms with van der Waals surface area (Å²) in [4.78, 5) is 14.1. The summed E-state index contributed by atoms with van der Waals surface area (Å²) in [5, 5.41) is 0.112. The average molecular weight is 299 g/mol. The van der Waals surface area contributed by atoms with E-state index in [1.807, 2.05) is 47.4 Å². The molecule has 3 nitrogen and oxygen atoms in total. The van der Waals surface area contributed by atoms with Gasteiger partial charge in [0.05, 0.1) is 12.9 Å². The van der Waals surface area contributed by atoms with Crippen molar-refractivity contribution in [2.75, 3.05) is 12.9 Å². The Kier molecular flexibility index (Phi) is 4.15. The highest BCUT2D eigenvalue weighted by Gasteiger charge is 2.32. The summed E-state index contributed by atoms with van der Waals surface area (Å²) in [5.74, 6) is 1.58. The first-order chi connectivity index (χ1) is 10.3. The summed E-state index contributed by atoms with van der Waals surface area (Å²) in [6.45, 7) is 0.634. The molecule has 1 fully saturated rings. The molecule has 2 aromatic rings. The maximum atomic E-state index is 12.2. The van der Waals surface area contributed by atoms with Gasteiger partial charge in [-0.2, -0.15) is 0 Å². The number of hydrogen-bond donors (Lipinski definition) is 0. The standard InChI is InChI=1S/C17H17NO2S/c1-20-15-9-7-13(8-10-15)11-18-16(19)12-21-17(18)14-5-3-2-4-6-14/h2-10,17H,11-12H2,1H3. The SMILES string of the molecule is COc1ccc(CN2C(=O)CSC2c2ccccc2)cc1. The highest BCUT2D eigenvalue weighted by molar-refractivity contribution is 8.00. The van der Waals surface area contributed by atoms with Crippen LogP contribution < -0.4 is 4.74 Å². The predicted molar refractivity (Wildman–Crippen MR) is 85.2 cm³/mol. The third-order valence-electron chi connectivity index (χ3n) is 3.56. The van der Waals surface area contributed by atoms with E-state index in [1.54, 1.807) is 18.9 Å². The number of carbonyl (C=O) groups is 1. The van der Waals surface area contributed by atoms with E-state index in [2.05, 4.69) is 12.1 Å². The van der Waals surface area contributed by atoms with Gasteiger partial charge in [0.25, 0.3) is 0 Å². The van der Waals surface area contributed by atoms with Crippen LogP contribution in [0.15, 0.2) is 54.6 Å². The fourth-order valence-corrected chi connectivity index (χ4v) is 3.63. The first kappa shape index (κ1) is 14.0. The predicted octanol–water partition coefficient (Wildman–Crippen LogP) is 3.47. The van der Waals surface area contributed by atoms with Crippen molar-refractivity contribution < 1.29 is 9.53 Å². The molecule has 1 amide bonds. The van der Waals surface area contributed by atoms with Gasteiger partial charge in [-0.3, -0.25) is 4.79 Å². The zero-order chi connectivity index (χ0) is 14.7. The molecule has 0 N–H and O–H groups in total. The van der Waals surface area contributed by atoms with Crippen LogP contribution in [-0.2, 0) is 11.3 Å². The second kappa shape index (κ2) is 6.22. The molecule has 0 bridgehead atoms. The summed E-state index contributed by atoms with van der Waals surface area (Å²) in [6, 6.07) is 18.1. The molecule has 0 spiro atoms. The van der Waals surface area contributed by atoms with Gasteiger partial charge in [0.2, 0.25) is 5.91 Å². The molecule has 21 heavy (non-hydrogen) atoms. The van der Waals surface area contributed by atoms with Crippen molar-refractivity contribution in [3.05, 3.63) is 65.7 Å². The Morgan fingerprint density at radius 3 is 2.52 bits per heavy atom. The Morgan fingerprint density at radius 1 is 1.14 bits per heavy atom. The zero-order valence-electron chi connectivity index (χ0n) is 11.9.